The summed E-state index contributed by atoms with van der Waals surface area (Å²) in [6, 6.07) is -0.415. The molecule has 19 heavy (non-hydrogen) atoms. The average Bonchev–Trinajstić information content (AvgIpc) is 2.41. The van der Waals surface area contributed by atoms with Gasteiger partial charge in [0.05, 0.1) is 0 Å². The van der Waals surface area contributed by atoms with Crippen molar-refractivity contribution in [2.45, 2.75) is 48.7 Å². The first-order chi connectivity index (χ1) is 9.02. The molecule has 0 aliphatic carbocycles. The van der Waals surface area contributed by atoms with Gasteiger partial charge in [-0.3, -0.25) is 0 Å². The van der Waals surface area contributed by atoms with Gasteiger partial charge in [-0.25, -0.2) is 0 Å². The van der Waals surface area contributed by atoms with Crippen molar-refractivity contribution in [1.82, 2.24) is 0 Å². The van der Waals surface area contributed by atoms with Crippen LogP contribution in [0.25, 0.3) is 0 Å². The Bertz CT molecular complexity index is 302. The van der Waals surface area contributed by atoms with Crippen LogP contribution < -0.4 is 5.73 Å². The number of hydrogen-bond donors (Lipinski definition) is 4. The van der Waals surface area contributed by atoms with E-state index in [0.717, 1.165) is 0 Å². The monoisotopic (exact) mass is 289 g/mol. The molecule has 0 aromatic carbocycles. The van der Waals surface area contributed by atoms with Crippen molar-refractivity contribution >= 4 is 11.8 Å². The lowest BCUT2D eigenvalue weighted by Crippen LogP contribution is -2.61. The maximum Gasteiger partial charge on any atom is 0.132 e. The number of allylic oxidation sites excluding steroid dienone is 1. The summed E-state index contributed by atoms with van der Waals surface area (Å²) in [4.78, 5) is 0. The van der Waals surface area contributed by atoms with Gasteiger partial charge in [-0.15, -0.1) is 24.9 Å². The molecule has 0 spiro atoms. The molecule has 5 nitrogen and oxygen atoms in total. The second-order valence-electron chi connectivity index (χ2n) is 4.59. The van der Waals surface area contributed by atoms with Crippen molar-refractivity contribution in [1.29, 1.82) is 0 Å². The number of aliphatic hydroxyl groups excluding tert-OH is 3. The van der Waals surface area contributed by atoms with Crippen LogP contribution in [-0.2, 0) is 4.74 Å². The van der Waals surface area contributed by atoms with E-state index in [9.17, 15) is 15.3 Å². The van der Waals surface area contributed by atoms with Crippen LogP contribution in [0.3, 0.4) is 0 Å². The molecule has 1 rings (SSSR count). The number of nitrogens with two attached hydrogens (primary N) is 1. The lowest BCUT2D eigenvalue weighted by Gasteiger charge is -2.42. The molecule has 1 heterocycles. The summed E-state index contributed by atoms with van der Waals surface area (Å²) in [5.41, 5.74) is 5.35. The Kier molecular flexibility index (Phi) is 7.06. The van der Waals surface area contributed by atoms with E-state index in [2.05, 4.69) is 13.2 Å². The first-order valence-electron chi connectivity index (χ1n) is 6.31. The highest BCUT2D eigenvalue weighted by Gasteiger charge is 2.45. The predicted octanol–water partition coefficient (Wildman–Crippen LogP) is 0.00670. The van der Waals surface area contributed by atoms with Gasteiger partial charge in [-0.1, -0.05) is 12.2 Å². The molecule has 6 heteroatoms. The highest BCUT2D eigenvalue weighted by molar-refractivity contribution is 7.99. The van der Waals surface area contributed by atoms with Gasteiger partial charge in [-0.2, -0.15) is 0 Å². The summed E-state index contributed by atoms with van der Waals surface area (Å²) in [5, 5.41) is 29.7. The van der Waals surface area contributed by atoms with Gasteiger partial charge in [-0.05, 0) is 12.8 Å². The quantitative estimate of drug-likeness (QED) is 0.493. The molecule has 0 saturated carbocycles. The van der Waals surface area contributed by atoms with E-state index in [1.54, 1.807) is 12.2 Å². The fourth-order valence-electron chi connectivity index (χ4n) is 2.00. The van der Waals surface area contributed by atoms with Gasteiger partial charge in [0.1, 0.15) is 29.9 Å². The Balaban J connectivity index is 2.68. The van der Waals surface area contributed by atoms with Crippen molar-refractivity contribution in [2.75, 3.05) is 5.75 Å². The van der Waals surface area contributed by atoms with Gasteiger partial charge >= 0.3 is 0 Å². The first-order valence-corrected chi connectivity index (χ1v) is 7.36. The van der Waals surface area contributed by atoms with E-state index in [0.29, 0.717) is 18.6 Å². The molecule has 0 aromatic heterocycles. The molecule has 5 N–H and O–H groups in total. The van der Waals surface area contributed by atoms with Crippen molar-refractivity contribution < 1.29 is 20.1 Å². The van der Waals surface area contributed by atoms with E-state index >= 15 is 0 Å². The normalized spacial score (nSPS) is 36.7. The molecule has 0 aromatic rings. The van der Waals surface area contributed by atoms with E-state index in [4.69, 9.17) is 10.5 Å². The minimum absolute atomic E-state index is 0.415. The van der Waals surface area contributed by atoms with Gasteiger partial charge in [0.2, 0.25) is 0 Å². The highest BCUT2D eigenvalue weighted by atomic mass is 32.2. The van der Waals surface area contributed by atoms with E-state index in [1.807, 2.05) is 0 Å². The summed E-state index contributed by atoms with van der Waals surface area (Å²) in [7, 11) is 0. The summed E-state index contributed by atoms with van der Waals surface area (Å²) in [5.74, 6) is 0.582. The van der Waals surface area contributed by atoms with Crippen molar-refractivity contribution in [3.63, 3.8) is 0 Å². The lowest BCUT2D eigenvalue weighted by atomic mass is 9.93. The molecule has 0 amide bonds. The van der Waals surface area contributed by atoms with Crippen molar-refractivity contribution in [2.24, 2.45) is 5.73 Å². The zero-order valence-corrected chi connectivity index (χ0v) is 11.7. The Labute approximate surface area is 118 Å². The van der Waals surface area contributed by atoms with Gasteiger partial charge in [0, 0.05) is 11.8 Å². The van der Waals surface area contributed by atoms with Crippen LogP contribution in [-0.4, -0.2) is 57.0 Å². The van der Waals surface area contributed by atoms with Crippen LogP contribution in [0.2, 0.25) is 0 Å². The Morgan fingerprint density at radius 2 is 1.84 bits per heavy atom. The van der Waals surface area contributed by atoms with E-state index in [-0.39, 0.29) is 0 Å². The molecule has 0 radical (unpaired) electrons. The standard InChI is InChI=1S/C13H23NO4S/c1-3-5-6-8(14)12-10(16)9(15)11(17)13(18-12)19-7-4-2/h3-4,8-13,15-17H,1-2,5-7,14H2/t8-,9?,10?,11?,12?,13?/m1/s1. The average molecular weight is 289 g/mol. The van der Waals surface area contributed by atoms with Crippen LogP contribution in [0.4, 0.5) is 0 Å². The number of rotatable bonds is 7. The zero-order valence-electron chi connectivity index (χ0n) is 10.9. The highest BCUT2D eigenvalue weighted by Crippen LogP contribution is 2.30. The second-order valence-corrected chi connectivity index (χ2v) is 5.72. The molecular weight excluding hydrogens is 266 g/mol. The third-order valence-corrected chi connectivity index (χ3v) is 4.26. The van der Waals surface area contributed by atoms with Gasteiger partial charge < -0.3 is 25.8 Å². The van der Waals surface area contributed by atoms with Crippen LogP contribution in [0.5, 0.6) is 0 Å². The third kappa shape index (κ3) is 4.30. The molecule has 1 aliphatic rings. The molecule has 110 valence electrons. The van der Waals surface area contributed by atoms with Crippen molar-refractivity contribution in [3.05, 3.63) is 25.3 Å². The van der Waals surface area contributed by atoms with Gasteiger partial charge in [0.25, 0.3) is 0 Å². The van der Waals surface area contributed by atoms with Crippen LogP contribution in [0, 0.1) is 0 Å². The molecule has 1 aliphatic heterocycles. The topological polar surface area (TPSA) is 95.9 Å². The van der Waals surface area contributed by atoms with E-state index < -0.39 is 35.9 Å². The largest absolute Gasteiger partial charge is 0.388 e. The maximum atomic E-state index is 9.95. The summed E-state index contributed by atoms with van der Waals surface area (Å²) < 4.78 is 5.64. The third-order valence-electron chi connectivity index (χ3n) is 3.11. The number of thioether (sulfide) groups is 1. The summed E-state index contributed by atoms with van der Waals surface area (Å²) in [6.45, 7) is 7.21. The fraction of sp³-hybridized carbons (Fsp3) is 0.692. The van der Waals surface area contributed by atoms with Crippen molar-refractivity contribution in [3.8, 4) is 0 Å². The number of hydrogen-bond acceptors (Lipinski definition) is 6. The minimum atomic E-state index is -1.25. The van der Waals surface area contributed by atoms with Crippen LogP contribution in [0.15, 0.2) is 25.3 Å². The minimum Gasteiger partial charge on any atom is -0.388 e. The van der Waals surface area contributed by atoms with Gasteiger partial charge in [0.15, 0.2) is 0 Å². The van der Waals surface area contributed by atoms with Crippen LogP contribution >= 0.6 is 11.8 Å². The molecule has 6 atom stereocenters. The maximum absolute atomic E-state index is 9.95. The van der Waals surface area contributed by atoms with E-state index in [1.165, 1.54) is 11.8 Å². The fourth-order valence-corrected chi connectivity index (χ4v) is 2.89. The number of aliphatic hydroxyl groups is 3. The van der Waals surface area contributed by atoms with Crippen LogP contribution in [0.1, 0.15) is 12.8 Å². The smallest absolute Gasteiger partial charge is 0.132 e. The Morgan fingerprint density at radius 3 is 2.42 bits per heavy atom. The SMILES string of the molecule is C=CCC[C@@H](N)C1OC(SCC=C)C(O)C(O)C1O. The molecule has 1 saturated heterocycles. The second kappa shape index (κ2) is 8.04. The Hall–Kier alpha value is -0.370. The first kappa shape index (κ1) is 16.7. The Morgan fingerprint density at radius 1 is 1.16 bits per heavy atom. The molecular formula is C13H23NO4S. The lowest BCUT2D eigenvalue weighted by molar-refractivity contribution is -0.202. The summed E-state index contributed by atoms with van der Waals surface area (Å²) >= 11 is 1.32. The zero-order chi connectivity index (χ0) is 14.4. The molecule has 1 fully saturated rings. The summed E-state index contributed by atoms with van der Waals surface area (Å²) in [6.07, 6.45) is 0.466. The molecule has 0 bridgehead atoms. The molecule has 5 unspecified atom stereocenters. The predicted molar refractivity (Wildman–Crippen MR) is 76.7 cm³/mol. The number of ether oxygens (including phenoxy) is 1.